The number of hydrogen-bond donors (Lipinski definition) is 1. The minimum Gasteiger partial charge on any atom is -0.396 e. The second-order valence-electron chi connectivity index (χ2n) is 3.44. The maximum atomic E-state index is 8.87. The molecule has 1 heterocycles. The molecule has 4 heteroatoms. The van der Waals surface area contributed by atoms with Gasteiger partial charge in [-0.15, -0.1) is 0 Å². The standard InChI is InChI=1S/C10H12BrNOS/c11-9-2-1-3-10(4-9)14-12-5-8(6-12)7-13/h1-4,8,13H,5-7H2. The Morgan fingerprint density at radius 2 is 2.29 bits per heavy atom. The van der Waals surface area contributed by atoms with Gasteiger partial charge in [-0.25, -0.2) is 4.31 Å². The van der Waals surface area contributed by atoms with E-state index in [1.165, 1.54) is 4.90 Å². The number of aliphatic hydroxyl groups is 1. The van der Waals surface area contributed by atoms with Crippen molar-refractivity contribution >= 4 is 27.9 Å². The predicted octanol–water partition coefficient (Wildman–Crippen LogP) is 2.38. The molecule has 76 valence electrons. The number of hydrogen-bond acceptors (Lipinski definition) is 3. The van der Waals surface area contributed by atoms with Crippen LogP contribution in [0.25, 0.3) is 0 Å². The lowest BCUT2D eigenvalue weighted by molar-refractivity contribution is 0.125. The van der Waals surface area contributed by atoms with Gasteiger partial charge in [0.05, 0.1) is 0 Å². The van der Waals surface area contributed by atoms with E-state index in [1.54, 1.807) is 11.9 Å². The Morgan fingerprint density at radius 3 is 2.93 bits per heavy atom. The van der Waals surface area contributed by atoms with Crippen molar-refractivity contribution in [3.05, 3.63) is 28.7 Å². The first-order valence-electron chi connectivity index (χ1n) is 4.57. The molecular formula is C10H12BrNOS. The van der Waals surface area contributed by atoms with Crippen molar-refractivity contribution < 1.29 is 5.11 Å². The molecule has 2 nitrogen and oxygen atoms in total. The number of rotatable bonds is 3. The summed E-state index contributed by atoms with van der Waals surface area (Å²) in [6.07, 6.45) is 0. The van der Waals surface area contributed by atoms with E-state index in [0.29, 0.717) is 12.5 Å². The summed E-state index contributed by atoms with van der Waals surface area (Å²) in [6, 6.07) is 8.27. The van der Waals surface area contributed by atoms with E-state index < -0.39 is 0 Å². The first-order valence-corrected chi connectivity index (χ1v) is 6.14. The summed E-state index contributed by atoms with van der Waals surface area (Å²) in [5.41, 5.74) is 0. The van der Waals surface area contributed by atoms with Crippen molar-refractivity contribution in [3.8, 4) is 0 Å². The average Bonchev–Trinajstić information content (AvgIpc) is 2.10. The molecule has 1 aliphatic heterocycles. The molecule has 1 aromatic carbocycles. The lowest BCUT2D eigenvalue weighted by Crippen LogP contribution is -2.43. The molecule has 0 saturated carbocycles. The monoisotopic (exact) mass is 273 g/mol. The van der Waals surface area contributed by atoms with Crippen molar-refractivity contribution in [2.45, 2.75) is 4.90 Å². The molecule has 0 amide bonds. The van der Waals surface area contributed by atoms with Gasteiger partial charge in [0.2, 0.25) is 0 Å². The zero-order valence-electron chi connectivity index (χ0n) is 7.69. The molecule has 0 unspecified atom stereocenters. The molecule has 14 heavy (non-hydrogen) atoms. The maximum Gasteiger partial charge on any atom is 0.0484 e. The third-order valence-corrected chi connectivity index (χ3v) is 3.73. The third-order valence-electron chi connectivity index (χ3n) is 2.21. The summed E-state index contributed by atoms with van der Waals surface area (Å²) in [7, 11) is 0. The Bertz CT molecular complexity index is 315. The van der Waals surface area contributed by atoms with Crippen molar-refractivity contribution in [2.24, 2.45) is 5.92 Å². The average molecular weight is 274 g/mol. The van der Waals surface area contributed by atoms with E-state index in [-0.39, 0.29) is 0 Å². The van der Waals surface area contributed by atoms with Crippen LogP contribution in [-0.2, 0) is 0 Å². The van der Waals surface area contributed by atoms with Crippen LogP contribution in [0.3, 0.4) is 0 Å². The van der Waals surface area contributed by atoms with Crippen molar-refractivity contribution in [1.82, 2.24) is 4.31 Å². The van der Waals surface area contributed by atoms with E-state index in [9.17, 15) is 0 Å². The molecule has 0 radical (unpaired) electrons. The molecule has 0 aliphatic carbocycles. The van der Waals surface area contributed by atoms with Crippen LogP contribution in [0.15, 0.2) is 33.6 Å². The third kappa shape index (κ3) is 2.51. The summed E-state index contributed by atoms with van der Waals surface area (Å²) in [5, 5.41) is 8.87. The van der Waals surface area contributed by atoms with Gasteiger partial charge in [0.25, 0.3) is 0 Å². The highest BCUT2D eigenvalue weighted by Crippen LogP contribution is 2.31. The largest absolute Gasteiger partial charge is 0.396 e. The molecule has 0 bridgehead atoms. The Kier molecular flexibility index (Phi) is 3.49. The molecule has 1 aromatic rings. The lowest BCUT2D eigenvalue weighted by atomic mass is 10.1. The summed E-state index contributed by atoms with van der Waals surface area (Å²) >= 11 is 5.20. The van der Waals surface area contributed by atoms with E-state index in [0.717, 1.165) is 17.6 Å². The highest BCUT2D eigenvalue weighted by atomic mass is 79.9. The van der Waals surface area contributed by atoms with Gasteiger partial charge in [0.1, 0.15) is 0 Å². The number of aliphatic hydroxyl groups excluding tert-OH is 1. The molecule has 0 atom stereocenters. The minimum absolute atomic E-state index is 0.315. The maximum absolute atomic E-state index is 8.87. The van der Waals surface area contributed by atoms with Gasteiger partial charge in [0.15, 0.2) is 0 Å². The van der Waals surface area contributed by atoms with Gasteiger partial charge >= 0.3 is 0 Å². The Hall–Kier alpha value is -0.0300. The van der Waals surface area contributed by atoms with Gasteiger partial charge in [-0.3, -0.25) is 0 Å². The van der Waals surface area contributed by atoms with Crippen LogP contribution in [0, 0.1) is 5.92 Å². The van der Waals surface area contributed by atoms with Crippen molar-refractivity contribution in [2.75, 3.05) is 19.7 Å². The van der Waals surface area contributed by atoms with E-state index >= 15 is 0 Å². The first kappa shape index (κ1) is 10.5. The Labute approximate surface area is 96.6 Å². The van der Waals surface area contributed by atoms with Crippen LogP contribution in [0.5, 0.6) is 0 Å². The van der Waals surface area contributed by atoms with Gasteiger partial charge in [0, 0.05) is 35.0 Å². The molecular weight excluding hydrogens is 262 g/mol. The summed E-state index contributed by atoms with van der Waals surface area (Å²) in [4.78, 5) is 1.25. The number of nitrogens with zero attached hydrogens (tertiary/aromatic N) is 1. The second kappa shape index (κ2) is 4.66. The fourth-order valence-corrected chi connectivity index (χ4v) is 3.12. The number of benzene rings is 1. The highest BCUT2D eigenvalue weighted by Gasteiger charge is 2.26. The zero-order chi connectivity index (χ0) is 9.97. The highest BCUT2D eigenvalue weighted by molar-refractivity contribution is 9.10. The first-order chi connectivity index (χ1) is 6.78. The molecule has 0 aromatic heterocycles. The predicted molar refractivity (Wildman–Crippen MR) is 62.1 cm³/mol. The van der Waals surface area contributed by atoms with Crippen LogP contribution in [0.2, 0.25) is 0 Å². The van der Waals surface area contributed by atoms with E-state index in [2.05, 4.69) is 32.4 Å². The topological polar surface area (TPSA) is 23.5 Å². The summed E-state index contributed by atoms with van der Waals surface area (Å²) < 4.78 is 3.38. The smallest absolute Gasteiger partial charge is 0.0484 e. The molecule has 2 rings (SSSR count). The van der Waals surface area contributed by atoms with Crippen LogP contribution in [0.1, 0.15) is 0 Å². The molecule has 1 aliphatic rings. The van der Waals surface area contributed by atoms with Crippen LogP contribution in [-0.4, -0.2) is 29.1 Å². The zero-order valence-corrected chi connectivity index (χ0v) is 10.1. The van der Waals surface area contributed by atoms with Gasteiger partial charge < -0.3 is 5.11 Å². The van der Waals surface area contributed by atoms with Crippen molar-refractivity contribution in [1.29, 1.82) is 0 Å². The Balaban J connectivity index is 1.87. The quantitative estimate of drug-likeness (QED) is 0.856. The van der Waals surface area contributed by atoms with Crippen LogP contribution < -0.4 is 0 Å². The molecule has 1 fully saturated rings. The molecule has 1 N–H and O–H groups in total. The van der Waals surface area contributed by atoms with Gasteiger partial charge in [-0.05, 0) is 30.1 Å². The summed E-state index contributed by atoms with van der Waals surface area (Å²) in [5.74, 6) is 0.481. The fraction of sp³-hybridized carbons (Fsp3) is 0.400. The SMILES string of the molecule is OCC1CN(Sc2cccc(Br)c2)C1. The molecule has 1 saturated heterocycles. The van der Waals surface area contributed by atoms with Gasteiger partial charge in [-0.2, -0.15) is 0 Å². The van der Waals surface area contributed by atoms with Crippen molar-refractivity contribution in [3.63, 3.8) is 0 Å². The fourth-order valence-electron chi connectivity index (χ4n) is 1.39. The second-order valence-corrected chi connectivity index (χ2v) is 5.53. The normalized spacial score (nSPS) is 18.1. The lowest BCUT2D eigenvalue weighted by Gasteiger charge is -2.36. The number of halogens is 1. The summed E-state index contributed by atoms with van der Waals surface area (Å²) in [6.45, 7) is 2.30. The van der Waals surface area contributed by atoms with E-state index in [4.69, 9.17) is 5.11 Å². The van der Waals surface area contributed by atoms with E-state index in [1.807, 2.05) is 12.1 Å². The van der Waals surface area contributed by atoms with Crippen LogP contribution >= 0.6 is 27.9 Å². The Morgan fingerprint density at radius 1 is 1.50 bits per heavy atom. The van der Waals surface area contributed by atoms with Crippen LogP contribution in [0.4, 0.5) is 0 Å². The minimum atomic E-state index is 0.315. The molecule has 0 spiro atoms. The van der Waals surface area contributed by atoms with Gasteiger partial charge in [-0.1, -0.05) is 22.0 Å².